The van der Waals surface area contributed by atoms with Crippen LogP contribution in [0.5, 0.6) is 0 Å². The van der Waals surface area contributed by atoms with Gasteiger partial charge in [0.15, 0.2) is 12.2 Å². The maximum Gasteiger partial charge on any atom is 0.273 e. The lowest BCUT2D eigenvalue weighted by molar-refractivity contribution is -0.690. The predicted octanol–water partition coefficient (Wildman–Crippen LogP) is 5.22. The Balaban J connectivity index is 1.40. The van der Waals surface area contributed by atoms with Crippen molar-refractivity contribution in [3.63, 3.8) is 0 Å². The summed E-state index contributed by atoms with van der Waals surface area (Å²) in [5.74, 6) is 1.32. The third-order valence-corrected chi connectivity index (χ3v) is 7.18. The van der Waals surface area contributed by atoms with Gasteiger partial charge in [0.25, 0.3) is 11.7 Å². The summed E-state index contributed by atoms with van der Waals surface area (Å²) in [6, 6.07) is 26.8. The van der Waals surface area contributed by atoms with Crippen molar-refractivity contribution in [3.05, 3.63) is 90.9 Å². The smallest absolute Gasteiger partial charge is 0.273 e. The van der Waals surface area contributed by atoms with E-state index in [-0.39, 0.29) is 5.91 Å². The van der Waals surface area contributed by atoms with Crippen molar-refractivity contribution in [3.8, 4) is 11.3 Å². The standard InChI is InChI=1S/C26H22N3OS/c30-26(29-20-11-4-6-13-23(20)31-24-14-7-5-12-21(24)29)18-27-17-22(19-9-2-1-3-10-19)28-16-8-15-25(27)28/h1-7,9-14,17H,8,15-16,18H2/q+1. The van der Waals surface area contributed by atoms with Crippen molar-refractivity contribution in [2.45, 2.75) is 35.7 Å². The number of para-hydroxylation sites is 2. The molecular weight excluding hydrogens is 402 g/mol. The Morgan fingerprint density at radius 1 is 0.871 bits per heavy atom. The topological polar surface area (TPSA) is 29.1 Å². The highest BCUT2D eigenvalue weighted by molar-refractivity contribution is 7.99. The van der Waals surface area contributed by atoms with Crippen molar-refractivity contribution in [1.82, 2.24) is 4.57 Å². The Bertz CT molecular complexity index is 1250. The lowest BCUT2D eigenvalue weighted by Crippen LogP contribution is -2.45. The largest absolute Gasteiger partial charge is 0.275 e. The first-order valence-corrected chi connectivity index (χ1v) is 11.5. The summed E-state index contributed by atoms with van der Waals surface area (Å²) < 4.78 is 4.53. The molecule has 4 aromatic rings. The Morgan fingerprint density at radius 2 is 1.52 bits per heavy atom. The van der Waals surface area contributed by atoms with Gasteiger partial charge in [-0.25, -0.2) is 9.13 Å². The summed E-state index contributed by atoms with van der Waals surface area (Å²) in [6.45, 7) is 1.34. The van der Waals surface area contributed by atoms with Crippen LogP contribution in [0.25, 0.3) is 11.3 Å². The Labute approximate surface area is 185 Å². The van der Waals surface area contributed by atoms with E-state index in [0.717, 1.165) is 40.6 Å². The monoisotopic (exact) mass is 424 g/mol. The van der Waals surface area contributed by atoms with E-state index in [1.54, 1.807) is 11.8 Å². The van der Waals surface area contributed by atoms with Crippen LogP contribution in [0.4, 0.5) is 11.4 Å². The molecule has 152 valence electrons. The minimum atomic E-state index is 0.0881. The maximum atomic E-state index is 13.7. The van der Waals surface area contributed by atoms with Gasteiger partial charge >= 0.3 is 0 Å². The van der Waals surface area contributed by atoms with E-state index in [9.17, 15) is 4.79 Å². The Morgan fingerprint density at radius 3 is 2.23 bits per heavy atom. The van der Waals surface area contributed by atoms with Gasteiger partial charge < -0.3 is 0 Å². The lowest BCUT2D eigenvalue weighted by Gasteiger charge is -2.30. The summed E-state index contributed by atoms with van der Waals surface area (Å²) in [4.78, 5) is 17.9. The maximum absolute atomic E-state index is 13.7. The Kier molecular flexibility index (Phi) is 4.42. The fourth-order valence-electron chi connectivity index (χ4n) is 4.68. The molecule has 31 heavy (non-hydrogen) atoms. The molecule has 0 saturated heterocycles. The Hall–Kier alpha value is -3.31. The molecule has 1 aromatic heterocycles. The number of carbonyl (C=O) groups excluding carboxylic acids is 1. The first kappa shape index (κ1) is 18.5. The van der Waals surface area contributed by atoms with Crippen molar-refractivity contribution in [2.75, 3.05) is 4.90 Å². The average molecular weight is 425 g/mol. The SMILES string of the molecule is O=C(C[n+]1cc(-c2ccccc2)n2c1CCC2)N1c2ccccc2Sc2ccccc21. The summed E-state index contributed by atoms with van der Waals surface area (Å²) in [6.07, 6.45) is 4.28. The molecule has 0 spiro atoms. The highest BCUT2D eigenvalue weighted by Crippen LogP contribution is 2.47. The average Bonchev–Trinajstić information content (AvgIpc) is 3.42. The number of amides is 1. The zero-order valence-electron chi connectivity index (χ0n) is 17.1. The number of carbonyl (C=O) groups is 1. The molecule has 6 rings (SSSR count). The molecule has 3 heterocycles. The van der Waals surface area contributed by atoms with Crippen LogP contribution in [0.1, 0.15) is 12.2 Å². The van der Waals surface area contributed by atoms with Crippen LogP contribution in [0.3, 0.4) is 0 Å². The van der Waals surface area contributed by atoms with Gasteiger partial charge in [-0.1, -0.05) is 66.4 Å². The molecule has 5 heteroatoms. The zero-order valence-corrected chi connectivity index (χ0v) is 17.9. The van der Waals surface area contributed by atoms with Gasteiger partial charge in [-0.2, -0.15) is 0 Å². The number of rotatable bonds is 3. The van der Waals surface area contributed by atoms with Gasteiger partial charge in [0.1, 0.15) is 6.20 Å². The minimum absolute atomic E-state index is 0.0881. The molecule has 1 amide bonds. The first-order chi connectivity index (χ1) is 15.3. The van der Waals surface area contributed by atoms with E-state index in [1.165, 1.54) is 17.1 Å². The molecule has 0 saturated carbocycles. The van der Waals surface area contributed by atoms with E-state index < -0.39 is 0 Å². The minimum Gasteiger partial charge on any atom is -0.275 e. The second kappa shape index (κ2) is 7.43. The van der Waals surface area contributed by atoms with E-state index in [2.05, 4.69) is 51.7 Å². The number of imidazole rings is 1. The van der Waals surface area contributed by atoms with Gasteiger partial charge in [-0.15, -0.1) is 0 Å². The molecule has 0 radical (unpaired) electrons. The van der Waals surface area contributed by atoms with Crippen LogP contribution in [-0.4, -0.2) is 10.5 Å². The summed E-state index contributed by atoms with van der Waals surface area (Å²) in [5.41, 5.74) is 4.32. The van der Waals surface area contributed by atoms with Gasteiger partial charge in [-0.3, -0.25) is 9.69 Å². The molecule has 4 nitrogen and oxygen atoms in total. The number of aromatic nitrogens is 2. The van der Waals surface area contributed by atoms with Crippen LogP contribution in [0.15, 0.2) is 94.9 Å². The molecule has 0 bridgehead atoms. The van der Waals surface area contributed by atoms with Crippen LogP contribution < -0.4 is 9.47 Å². The summed E-state index contributed by atoms with van der Waals surface area (Å²) in [5, 5.41) is 0. The van der Waals surface area contributed by atoms with E-state index >= 15 is 0 Å². The molecule has 3 aromatic carbocycles. The van der Waals surface area contributed by atoms with Crippen molar-refractivity contribution in [1.29, 1.82) is 0 Å². The number of hydrogen-bond donors (Lipinski definition) is 0. The van der Waals surface area contributed by atoms with E-state index in [4.69, 9.17) is 0 Å². The first-order valence-electron chi connectivity index (χ1n) is 10.7. The highest BCUT2D eigenvalue weighted by atomic mass is 32.2. The zero-order chi connectivity index (χ0) is 20.8. The van der Waals surface area contributed by atoms with Crippen molar-refractivity contribution < 1.29 is 9.36 Å². The predicted molar refractivity (Wildman–Crippen MR) is 123 cm³/mol. The van der Waals surface area contributed by atoms with Crippen molar-refractivity contribution >= 4 is 29.0 Å². The number of fused-ring (bicyclic) bond motifs is 3. The number of benzene rings is 3. The second-order valence-electron chi connectivity index (χ2n) is 7.95. The number of hydrogen-bond acceptors (Lipinski definition) is 2. The second-order valence-corrected chi connectivity index (χ2v) is 9.03. The molecule has 2 aliphatic heterocycles. The normalized spacial score (nSPS) is 14.1. The summed E-state index contributed by atoms with van der Waals surface area (Å²) in [7, 11) is 0. The van der Waals surface area contributed by atoms with Gasteiger partial charge in [0.05, 0.1) is 24.3 Å². The third-order valence-electron chi connectivity index (χ3n) is 6.05. The molecule has 2 aliphatic rings. The van der Waals surface area contributed by atoms with Gasteiger partial charge in [-0.05, 0) is 30.7 Å². The summed E-state index contributed by atoms with van der Waals surface area (Å²) >= 11 is 1.73. The molecule has 0 fully saturated rings. The van der Waals surface area contributed by atoms with E-state index in [0.29, 0.717) is 6.54 Å². The van der Waals surface area contributed by atoms with Gasteiger partial charge in [0.2, 0.25) is 0 Å². The molecule has 0 aliphatic carbocycles. The molecule has 0 unspecified atom stereocenters. The van der Waals surface area contributed by atoms with Crippen LogP contribution in [-0.2, 0) is 24.3 Å². The third kappa shape index (κ3) is 3.08. The fraction of sp³-hybridized carbons (Fsp3) is 0.154. The fourth-order valence-corrected chi connectivity index (χ4v) is 5.73. The quantitative estimate of drug-likeness (QED) is 0.422. The molecule has 0 N–H and O–H groups in total. The number of nitrogens with zero attached hydrogens (tertiary/aromatic N) is 3. The van der Waals surface area contributed by atoms with E-state index in [1.807, 2.05) is 47.4 Å². The van der Waals surface area contributed by atoms with Crippen LogP contribution in [0, 0.1) is 0 Å². The van der Waals surface area contributed by atoms with Crippen molar-refractivity contribution in [2.24, 2.45) is 0 Å². The molecule has 0 atom stereocenters. The van der Waals surface area contributed by atoms with Gasteiger partial charge in [0, 0.05) is 15.4 Å². The number of anilines is 2. The van der Waals surface area contributed by atoms with Crippen LogP contribution in [0.2, 0.25) is 0 Å². The lowest BCUT2D eigenvalue weighted by atomic mass is 10.2. The highest BCUT2D eigenvalue weighted by Gasteiger charge is 2.33. The molecular formula is C26H22N3OS+. The van der Waals surface area contributed by atoms with Crippen LogP contribution >= 0.6 is 11.8 Å².